The fourth-order valence-corrected chi connectivity index (χ4v) is 3.82. The van der Waals surface area contributed by atoms with Crippen LogP contribution in [-0.2, 0) is 17.9 Å². The Morgan fingerprint density at radius 1 is 1.19 bits per heavy atom. The molecule has 0 saturated heterocycles. The highest BCUT2D eigenvalue weighted by Gasteiger charge is 2.34. The molecule has 1 aliphatic heterocycles. The number of hydrogen-bond acceptors (Lipinski definition) is 5. The third-order valence-electron chi connectivity index (χ3n) is 5.77. The van der Waals surface area contributed by atoms with Crippen molar-refractivity contribution in [1.82, 2.24) is 29.9 Å². The molecule has 2 aromatic heterocycles. The topological polar surface area (TPSA) is 97.9 Å². The lowest BCUT2D eigenvalue weighted by Crippen LogP contribution is -2.47. The molecule has 0 radical (unpaired) electrons. The highest BCUT2D eigenvalue weighted by Crippen LogP contribution is 2.40. The number of carbonyl (C=O) groups is 2. The number of aryl methyl sites for hydroxylation is 1. The number of anilines is 1. The molecule has 32 heavy (non-hydrogen) atoms. The first-order valence-electron chi connectivity index (χ1n) is 10.4. The SMILES string of the molecule is CN1C(=O)[C@@H](NC(=O)c2ncn(Cc3ccc(F)cc3F)n2)CCn2nc(C3CC3)cc21. The molecule has 0 bridgehead atoms. The van der Waals surface area contributed by atoms with Crippen molar-refractivity contribution in [3.05, 3.63) is 59.3 Å². The van der Waals surface area contributed by atoms with E-state index in [0.29, 0.717) is 18.9 Å². The van der Waals surface area contributed by atoms with Crippen LogP contribution < -0.4 is 10.2 Å². The minimum absolute atomic E-state index is 0.0120. The van der Waals surface area contributed by atoms with Gasteiger partial charge in [0, 0.05) is 37.2 Å². The molecule has 3 heterocycles. The molecule has 9 nitrogen and oxygen atoms in total. The lowest BCUT2D eigenvalue weighted by molar-refractivity contribution is -0.120. The zero-order valence-corrected chi connectivity index (χ0v) is 17.3. The van der Waals surface area contributed by atoms with E-state index >= 15 is 0 Å². The van der Waals surface area contributed by atoms with Crippen molar-refractivity contribution in [2.24, 2.45) is 0 Å². The zero-order chi connectivity index (χ0) is 22.4. The van der Waals surface area contributed by atoms with Crippen LogP contribution in [0.4, 0.5) is 14.6 Å². The third-order valence-corrected chi connectivity index (χ3v) is 5.77. The third kappa shape index (κ3) is 3.85. The first-order chi connectivity index (χ1) is 15.4. The Balaban J connectivity index is 1.26. The van der Waals surface area contributed by atoms with Crippen LogP contribution in [0.25, 0.3) is 0 Å². The second-order valence-electron chi connectivity index (χ2n) is 8.14. The van der Waals surface area contributed by atoms with E-state index in [2.05, 4.69) is 20.5 Å². The number of halogens is 2. The summed E-state index contributed by atoms with van der Waals surface area (Å²) in [6.07, 6.45) is 3.92. The number of amides is 2. The lowest BCUT2D eigenvalue weighted by atomic mass is 10.2. The van der Waals surface area contributed by atoms with E-state index in [4.69, 9.17) is 0 Å². The van der Waals surface area contributed by atoms with Crippen molar-refractivity contribution in [2.45, 2.75) is 44.3 Å². The van der Waals surface area contributed by atoms with Crippen LogP contribution in [0.1, 0.15) is 47.1 Å². The van der Waals surface area contributed by atoms with E-state index < -0.39 is 23.6 Å². The van der Waals surface area contributed by atoms with Crippen molar-refractivity contribution in [3.8, 4) is 0 Å². The van der Waals surface area contributed by atoms with Crippen LogP contribution >= 0.6 is 0 Å². The molecule has 1 saturated carbocycles. The van der Waals surface area contributed by atoms with Crippen LogP contribution in [0.5, 0.6) is 0 Å². The second kappa shape index (κ2) is 7.81. The summed E-state index contributed by atoms with van der Waals surface area (Å²) < 4.78 is 30.0. The van der Waals surface area contributed by atoms with E-state index in [9.17, 15) is 18.4 Å². The number of carbonyl (C=O) groups excluding carboxylic acids is 2. The Kier molecular flexibility index (Phi) is 4.95. The molecule has 1 N–H and O–H groups in total. The normalized spacial score (nSPS) is 18.4. The summed E-state index contributed by atoms with van der Waals surface area (Å²) in [6.45, 7) is 0.483. The van der Waals surface area contributed by atoms with Crippen LogP contribution in [-0.4, -0.2) is 49.4 Å². The number of rotatable bonds is 5. The fraction of sp³-hybridized carbons (Fsp3) is 0.381. The van der Waals surface area contributed by atoms with E-state index in [1.807, 2.05) is 10.7 Å². The Labute approximate surface area is 182 Å². The summed E-state index contributed by atoms with van der Waals surface area (Å²) in [4.78, 5) is 31.1. The standard InChI is InChI=1S/C21H21F2N7O2/c1-28-18-9-17(12-2-3-12)26-30(18)7-6-16(21(28)32)25-20(31)19-24-11-29(27-19)10-13-4-5-14(22)8-15(13)23/h4-5,8-9,11-12,16H,2-3,6-7,10H2,1H3,(H,25,31)/t16-/m0/s1. The van der Waals surface area contributed by atoms with Gasteiger partial charge in [-0.25, -0.2) is 23.1 Å². The molecular formula is C21H21F2N7O2. The van der Waals surface area contributed by atoms with Crippen molar-refractivity contribution < 1.29 is 18.4 Å². The average Bonchev–Trinajstić information content (AvgIpc) is 3.38. The van der Waals surface area contributed by atoms with E-state index in [1.54, 1.807) is 7.05 Å². The van der Waals surface area contributed by atoms with Gasteiger partial charge in [0.2, 0.25) is 5.82 Å². The maximum atomic E-state index is 13.9. The first kappa shape index (κ1) is 20.3. The van der Waals surface area contributed by atoms with Crippen molar-refractivity contribution in [2.75, 3.05) is 11.9 Å². The molecule has 1 atom stereocenters. The fourth-order valence-electron chi connectivity index (χ4n) is 3.82. The van der Waals surface area contributed by atoms with Gasteiger partial charge in [-0.2, -0.15) is 5.10 Å². The van der Waals surface area contributed by atoms with Gasteiger partial charge >= 0.3 is 0 Å². The predicted molar refractivity (Wildman–Crippen MR) is 109 cm³/mol. The van der Waals surface area contributed by atoms with Gasteiger partial charge in [-0.05, 0) is 25.3 Å². The number of nitrogens with zero attached hydrogens (tertiary/aromatic N) is 6. The number of aromatic nitrogens is 5. The van der Waals surface area contributed by atoms with E-state index in [-0.39, 0.29) is 23.8 Å². The largest absolute Gasteiger partial charge is 0.337 e. The molecule has 5 rings (SSSR count). The molecule has 0 spiro atoms. The Bertz CT molecular complexity index is 1200. The molecule has 11 heteroatoms. The van der Waals surface area contributed by atoms with Crippen molar-refractivity contribution >= 4 is 17.6 Å². The number of benzene rings is 1. The van der Waals surface area contributed by atoms with Crippen LogP contribution in [0.2, 0.25) is 0 Å². The summed E-state index contributed by atoms with van der Waals surface area (Å²) >= 11 is 0. The zero-order valence-electron chi connectivity index (χ0n) is 17.3. The number of nitrogens with one attached hydrogen (secondary N) is 1. The van der Waals surface area contributed by atoms with Gasteiger partial charge in [0.15, 0.2) is 0 Å². The lowest BCUT2D eigenvalue weighted by Gasteiger charge is -2.19. The van der Waals surface area contributed by atoms with Gasteiger partial charge < -0.3 is 5.32 Å². The van der Waals surface area contributed by atoms with Crippen LogP contribution in [0.3, 0.4) is 0 Å². The summed E-state index contributed by atoms with van der Waals surface area (Å²) in [7, 11) is 1.67. The van der Waals surface area contributed by atoms with Gasteiger partial charge in [0.1, 0.15) is 29.8 Å². The highest BCUT2D eigenvalue weighted by molar-refractivity contribution is 6.00. The van der Waals surface area contributed by atoms with Gasteiger partial charge in [-0.3, -0.25) is 14.5 Å². The molecule has 166 valence electrons. The molecule has 2 amide bonds. The van der Waals surface area contributed by atoms with Crippen molar-refractivity contribution in [1.29, 1.82) is 0 Å². The van der Waals surface area contributed by atoms with Crippen LogP contribution in [0, 0.1) is 11.6 Å². The second-order valence-corrected chi connectivity index (χ2v) is 8.14. The van der Waals surface area contributed by atoms with Gasteiger partial charge in [0.25, 0.3) is 11.8 Å². The van der Waals surface area contributed by atoms with E-state index in [0.717, 1.165) is 36.5 Å². The quantitative estimate of drug-likeness (QED) is 0.652. The van der Waals surface area contributed by atoms with Crippen LogP contribution in [0.15, 0.2) is 30.6 Å². The van der Waals surface area contributed by atoms with Gasteiger partial charge in [-0.1, -0.05) is 6.07 Å². The molecule has 2 aliphatic rings. The van der Waals surface area contributed by atoms with Gasteiger partial charge in [0.05, 0.1) is 12.2 Å². The average molecular weight is 441 g/mol. The smallest absolute Gasteiger partial charge is 0.291 e. The summed E-state index contributed by atoms with van der Waals surface area (Å²) in [6, 6.07) is 4.43. The monoisotopic (exact) mass is 441 g/mol. The van der Waals surface area contributed by atoms with E-state index in [1.165, 1.54) is 22.0 Å². The number of fused-ring (bicyclic) bond motifs is 1. The summed E-state index contributed by atoms with van der Waals surface area (Å²) in [5, 5.41) is 11.4. The minimum Gasteiger partial charge on any atom is -0.337 e. The molecular weight excluding hydrogens is 420 g/mol. The Morgan fingerprint density at radius 3 is 2.75 bits per heavy atom. The number of likely N-dealkylation sites (N-methyl/N-ethyl adjacent to an activating group) is 1. The molecule has 1 fully saturated rings. The van der Waals surface area contributed by atoms with Gasteiger partial charge in [-0.15, -0.1) is 5.10 Å². The molecule has 1 aliphatic carbocycles. The Hall–Kier alpha value is -3.63. The van der Waals surface area contributed by atoms with Crippen molar-refractivity contribution in [3.63, 3.8) is 0 Å². The molecule has 1 aromatic carbocycles. The molecule has 0 unspecified atom stereocenters. The highest BCUT2D eigenvalue weighted by atomic mass is 19.1. The predicted octanol–water partition coefficient (Wildman–Crippen LogP) is 1.84. The number of hydrogen-bond donors (Lipinski definition) is 1. The summed E-state index contributed by atoms with van der Waals surface area (Å²) in [5.74, 6) is -1.16. The first-order valence-corrected chi connectivity index (χ1v) is 10.4. The Morgan fingerprint density at radius 2 is 2.00 bits per heavy atom. The molecule has 3 aromatic rings. The maximum absolute atomic E-state index is 13.9. The minimum atomic E-state index is -0.750. The summed E-state index contributed by atoms with van der Waals surface area (Å²) in [5.41, 5.74) is 1.22. The maximum Gasteiger partial charge on any atom is 0.291 e.